The molecular formula is C18H24N4O3S. The zero-order chi connectivity index (χ0) is 18.7. The number of thiazole rings is 1. The summed E-state index contributed by atoms with van der Waals surface area (Å²) < 4.78 is 6.40. The van der Waals surface area contributed by atoms with Gasteiger partial charge in [-0.1, -0.05) is 25.2 Å². The van der Waals surface area contributed by atoms with Gasteiger partial charge in [0.15, 0.2) is 5.13 Å². The minimum atomic E-state index is -0.562. The van der Waals surface area contributed by atoms with Gasteiger partial charge in [0.25, 0.3) is 0 Å². The molecule has 1 aliphatic heterocycles. The van der Waals surface area contributed by atoms with Gasteiger partial charge in [0, 0.05) is 25.7 Å². The standard InChI is InChI=1S/C18H24N4O3S/c1-11(2)16(19-12(3)23)17(24)20-13-4-5-14-15(10-13)26-18(21-14)22-6-8-25-9-7-22/h4-5,10-11,16H,6-9H2,1-3H3,(H,19,23)(H,20,24). The zero-order valence-corrected chi connectivity index (χ0v) is 16.1. The monoisotopic (exact) mass is 376 g/mol. The van der Waals surface area contributed by atoms with Crippen molar-refractivity contribution in [3.05, 3.63) is 18.2 Å². The second-order valence-corrected chi connectivity index (χ2v) is 7.70. The Bertz CT molecular complexity index is 799. The summed E-state index contributed by atoms with van der Waals surface area (Å²) in [5, 5.41) is 6.58. The van der Waals surface area contributed by atoms with E-state index >= 15 is 0 Å². The van der Waals surface area contributed by atoms with E-state index in [-0.39, 0.29) is 17.7 Å². The van der Waals surface area contributed by atoms with Gasteiger partial charge in [-0.05, 0) is 24.1 Å². The van der Waals surface area contributed by atoms with Gasteiger partial charge in [0.2, 0.25) is 11.8 Å². The maximum Gasteiger partial charge on any atom is 0.247 e. The van der Waals surface area contributed by atoms with Crippen molar-refractivity contribution in [3.63, 3.8) is 0 Å². The average Bonchev–Trinajstić information content (AvgIpc) is 3.03. The first-order valence-electron chi connectivity index (χ1n) is 8.75. The summed E-state index contributed by atoms with van der Waals surface area (Å²) >= 11 is 1.61. The Kier molecular flexibility index (Phi) is 5.73. The van der Waals surface area contributed by atoms with E-state index in [2.05, 4.69) is 20.5 Å². The molecule has 2 aromatic rings. The molecular weight excluding hydrogens is 352 g/mol. The predicted octanol–water partition coefficient (Wildman–Crippen LogP) is 2.23. The molecule has 0 bridgehead atoms. The Morgan fingerprint density at radius 1 is 1.27 bits per heavy atom. The second-order valence-electron chi connectivity index (χ2n) is 6.69. The van der Waals surface area contributed by atoms with Crippen LogP contribution in [0, 0.1) is 5.92 Å². The van der Waals surface area contributed by atoms with Gasteiger partial charge >= 0.3 is 0 Å². The fourth-order valence-electron chi connectivity index (χ4n) is 2.85. The van der Waals surface area contributed by atoms with E-state index in [9.17, 15) is 9.59 Å². The fourth-order valence-corrected chi connectivity index (χ4v) is 3.91. The third-order valence-corrected chi connectivity index (χ3v) is 5.31. The number of carbonyl (C=O) groups is 2. The Morgan fingerprint density at radius 3 is 2.65 bits per heavy atom. The first-order chi connectivity index (χ1) is 12.4. The molecule has 2 N–H and O–H groups in total. The first kappa shape index (κ1) is 18.6. The van der Waals surface area contributed by atoms with Crippen LogP contribution < -0.4 is 15.5 Å². The van der Waals surface area contributed by atoms with Crippen LogP contribution in [-0.4, -0.2) is 49.1 Å². The van der Waals surface area contributed by atoms with Crippen LogP contribution in [0.2, 0.25) is 0 Å². The van der Waals surface area contributed by atoms with E-state index < -0.39 is 6.04 Å². The molecule has 3 rings (SSSR count). The zero-order valence-electron chi connectivity index (χ0n) is 15.2. The summed E-state index contributed by atoms with van der Waals surface area (Å²) in [6.45, 7) is 8.35. The van der Waals surface area contributed by atoms with Crippen molar-refractivity contribution in [3.8, 4) is 0 Å². The van der Waals surface area contributed by atoms with Crippen molar-refractivity contribution in [1.29, 1.82) is 0 Å². The summed E-state index contributed by atoms with van der Waals surface area (Å²) in [5.74, 6) is -0.432. The molecule has 0 saturated carbocycles. The van der Waals surface area contributed by atoms with Crippen LogP contribution in [0.25, 0.3) is 10.2 Å². The summed E-state index contributed by atoms with van der Waals surface area (Å²) in [6, 6.07) is 5.12. The number of rotatable bonds is 5. The molecule has 140 valence electrons. The fraction of sp³-hybridized carbons (Fsp3) is 0.500. The van der Waals surface area contributed by atoms with Crippen molar-refractivity contribution in [2.45, 2.75) is 26.8 Å². The molecule has 0 radical (unpaired) electrons. The van der Waals surface area contributed by atoms with Crippen LogP contribution in [0.5, 0.6) is 0 Å². The Labute approximate surface area is 156 Å². The highest BCUT2D eigenvalue weighted by Gasteiger charge is 2.23. The maximum absolute atomic E-state index is 12.5. The number of morpholine rings is 1. The van der Waals surface area contributed by atoms with Crippen molar-refractivity contribution >= 4 is 44.2 Å². The predicted molar refractivity (Wildman–Crippen MR) is 104 cm³/mol. The van der Waals surface area contributed by atoms with Gasteiger partial charge < -0.3 is 20.3 Å². The molecule has 1 aromatic heterocycles. The third-order valence-electron chi connectivity index (χ3n) is 4.23. The molecule has 1 aromatic carbocycles. The number of amides is 2. The third kappa shape index (κ3) is 4.31. The Morgan fingerprint density at radius 2 is 2.00 bits per heavy atom. The quantitative estimate of drug-likeness (QED) is 0.836. The average molecular weight is 376 g/mol. The van der Waals surface area contributed by atoms with Crippen molar-refractivity contribution in [2.24, 2.45) is 5.92 Å². The lowest BCUT2D eigenvalue weighted by atomic mass is 10.0. The van der Waals surface area contributed by atoms with E-state index in [1.54, 1.807) is 11.3 Å². The number of aromatic nitrogens is 1. The van der Waals surface area contributed by atoms with Gasteiger partial charge in [0.1, 0.15) is 6.04 Å². The van der Waals surface area contributed by atoms with Crippen LogP contribution in [0.15, 0.2) is 18.2 Å². The molecule has 1 saturated heterocycles. The Hall–Kier alpha value is -2.19. The van der Waals surface area contributed by atoms with Crippen LogP contribution in [0.3, 0.4) is 0 Å². The minimum Gasteiger partial charge on any atom is -0.378 e. The van der Waals surface area contributed by atoms with Crippen LogP contribution in [0.4, 0.5) is 10.8 Å². The number of fused-ring (bicyclic) bond motifs is 1. The highest BCUT2D eigenvalue weighted by atomic mass is 32.1. The second kappa shape index (κ2) is 8.01. The van der Waals surface area contributed by atoms with Crippen molar-refractivity contribution in [2.75, 3.05) is 36.5 Å². The largest absolute Gasteiger partial charge is 0.378 e. The molecule has 1 atom stereocenters. The van der Waals surface area contributed by atoms with E-state index in [1.807, 2.05) is 32.0 Å². The smallest absolute Gasteiger partial charge is 0.247 e. The molecule has 2 heterocycles. The highest BCUT2D eigenvalue weighted by Crippen LogP contribution is 2.31. The number of hydrogen-bond donors (Lipinski definition) is 2. The van der Waals surface area contributed by atoms with Crippen LogP contribution >= 0.6 is 11.3 Å². The molecule has 1 unspecified atom stereocenters. The number of benzene rings is 1. The molecule has 1 fully saturated rings. The lowest BCUT2D eigenvalue weighted by molar-refractivity contribution is -0.126. The number of ether oxygens (including phenoxy) is 1. The van der Waals surface area contributed by atoms with E-state index in [1.165, 1.54) is 6.92 Å². The minimum absolute atomic E-state index is 0.000964. The van der Waals surface area contributed by atoms with Crippen molar-refractivity contribution < 1.29 is 14.3 Å². The highest BCUT2D eigenvalue weighted by molar-refractivity contribution is 7.22. The molecule has 0 aliphatic carbocycles. The number of anilines is 2. The molecule has 2 amide bonds. The SMILES string of the molecule is CC(=O)NC(C(=O)Nc1ccc2nc(N3CCOCC3)sc2c1)C(C)C. The molecule has 7 nitrogen and oxygen atoms in total. The Balaban J connectivity index is 1.75. The van der Waals surface area contributed by atoms with Gasteiger partial charge in [-0.2, -0.15) is 0 Å². The van der Waals surface area contributed by atoms with Gasteiger partial charge in [-0.3, -0.25) is 9.59 Å². The summed E-state index contributed by atoms with van der Waals surface area (Å²) in [5.41, 5.74) is 1.62. The van der Waals surface area contributed by atoms with Gasteiger partial charge in [-0.25, -0.2) is 4.98 Å². The van der Waals surface area contributed by atoms with E-state index in [0.29, 0.717) is 5.69 Å². The first-order valence-corrected chi connectivity index (χ1v) is 9.57. The number of nitrogens with zero attached hydrogens (tertiary/aromatic N) is 2. The normalized spacial score (nSPS) is 15.9. The number of carbonyl (C=O) groups excluding carboxylic acids is 2. The summed E-state index contributed by atoms with van der Waals surface area (Å²) in [6.07, 6.45) is 0. The van der Waals surface area contributed by atoms with E-state index in [4.69, 9.17) is 4.74 Å². The lowest BCUT2D eigenvalue weighted by Crippen LogP contribution is -2.46. The van der Waals surface area contributed by atoms with Crippen LogP contribution in [-0.2, 0) is 14.3 Å². The molecule has 1 aliphatic rings. The lowest BCUT2D eigenvalue weighted by Gasteiger charge is -2.25. The molecule has 26 heavy (non-hydrogen) atoms. The molecule has 0 spiro atoms. The molecule has 8 heteroatoms. The van der Waals surface area contributed by atoms with Crippen LogP contribution in [0.1, 0.15) is 20.8 Å². The topological polar surface area (TPSA) is 83.6 Å². The summed E-state index contributed by atoms with van der Waals surface area (Å²) in [4.78, 5) is 30.7. The number of nitrogens with one attached hydrogen (secondary N) is 2. The maximum atomic E-state index is 12.5. The van der Waals surface area contributed by atoms with Crippen molar-refractivity contribution in [1.82, 2.24) is 10.3 Å². The number of hydrogen-bond acceptors (Lipinski definition) is 6. The van der Waals surface area contributed by atoms with Gasteiger partial charge in [0.05, 0.1) is 23.4 Å². The van der Waals surface area contributed by atoms with Gasteiger partial charge in [-0.15, -0.1) is 0 Å². The summed E-state index contributed by atoms with van der Waals surface area (Å²) in [7, 11) is 0. The van der Waals surface area contributed by atoms with E-state index in [0.717, 1.165) is 41.7 Å².